The third-order valence-corrected chi connectivity index (χ3v) is 3.75. The van der Waals surface area contributed by atoms with Crippen molar-refractivity contribution in [3.8, 4) is 0 Å². The molecule has 0 bridgehead atoms. The molecule has 0 aliphatic rings. The molecule has 2 nitrogen and oxygen atoms in total. The zero-order chi connectivity index (χ0) is 12.3. The van der Waals surface area contributed by atoms with Crippen molar-refractivity contribution in [2.45, 2.75) is 29.7 Å². The molecule has 1 heterocycles. The lowest BCUT2D eigenvalue weighted by Gasteiger charge is -2.06. The summed E-state index contributed by atoms with van der Waals surface area (Å²) in [5, 5.41) is 0.948. The van der Waals surface area contributed by atoms with Crippen LogP contribution in [0.5, 0.6) is 0 Å². The molecular formula is C13H13BrN2S. The Bertz CT molecular complexity index is 497. The summed E-state index contributed by atoms with van der Waals surface area (Å²) in [5.41, 5.74) is 1.36. The van der Waals surface area contributed by atoms with Crippen molar-refractivity contribution in [2.24, 2.45) is 0 Å². The van der Waals surface area contributed by atoms with Gasteiger partial charge in [-0.25, -0.2) is 9.97 Å². The van der Waals surface area contributed by atoms with E-state index in [1.807, 2.05) is 6.07 Å². The molecule has 17 heavy (non-hydrogen) atoms. The number of hydrogen-bond acceptors (Lipinski definition) is 3. The van der Waals surface area contributed by atoms with Crippen LogP contribution >= 0.6 is 27.7 Å². The van der Waals surface area contributed by atoms with Gasteiger partial charge in [-0.15, -0.1) is 0 Å². The van der Waals surface area contributed by atoms with Crippen molar-refractivity contribution in [1.82, 2.24) is 9.97 Å². The Kier molecular flexibility index (Phi) is 4.18. The molecule has 0 aliphatic carbocycles. The largest absolute Gasteiger partial charge is 0.230 e. The van der Waals surface area contributed by atoms with Crippen molar-refractivity contribution in [1.29, 1.82) is 0 Å². The molecule has 0 unspecified atom stereocenters. The molecule has 0 amide bonds. The van der Waals surface area contributed by atoms with Gasteiger partial charge in [0.05, 0.1) is 0 Å². The van der Waals surface area contributed by atoms with Gasteiger partial charge in [0.2, 0.25) is 0 Å². The van der Waals surface area contributed by atoms with Crippen molar-refractivity contribution >= 4 is 27.7 Å². The minimum Gasteiger partial charge on any atom is -0.230 e. The molecule has 0 atom stereocenters. The highest BCUT2D eigenvalue weighted by molar-refractivity contribution is 9.10. The van der Waals surface area contributed by atoms with Crippen LogP contribution in [0, 0.1) is 0 Å². The van der Waals surface area contributed by atoms with Crippen LogP contribution in [0.1, 0.15) is 25.3 Å². The summed E-state index contributed by atoms with van der Waals surface area (Å²) in [7, 11) is 0. The minimum atomic E-state index is 0.572. The highest BCUT2D eigenvalue weighted by atomic mass is 79.9. The lowest BCUT2D eigenvalue weighted by Crippen LogP contribution is -1.86. The molecule has 4 heteroatoms. The van der Waals surface area contributed by atoms with E-state index in [9.17, 15) is 0 Å². The summed E-state index contributed by atoms with van der Waals surface area (Å²) < 4.78 is 0.814. The highest BCUT2D eigenvalue weighted by Gasteiger charge is 2.02. The third kappa shape index (κ3) is 3.54. The topological polar surface area (TPSA) is 25.8 Å². The maximum absolute atomic E-state index is 4.21. The third-order valence-electron chi connectivity index (χ3n) is 2.38. The van der Waals surface area contributed by atoms with E-state index in [1.165, 1.54) is 10.5 Å². The van der Waals surface area contributed by atoms with Gasteiger partial charge < -0.3 is 0 Å². The van der Waals surface area contributed by atoms with E-state index >= 15 is 0 Å². The Morgan fingerprint density at radius 2 is 1.82 bits per heavy atom. The van der Waals surface area contributed by atoms with Crippen LogP contribution in [-0.4, -0.2) is 9.97 Å². The summed E-state index contributed by atoms with van der Waals surface area (Å²) in [4.78, 5) is 9.42. The Morgan fingerprint density at radius 3 is 2.41 bits per heavy atom. The molecule has 2 aromatic rings. The molecule has 0 N–H and O–H groups in total. The molecular weight excluding hydrogens is 296 g/mol. The first-order valence-corrected chi connectivity index (χ1v) is 7.01. The first-order valence-electron chi connectivity index (χ1n) is 5.40. The van der Waals surface area contributed by atoms with Crippen molar-refractivity contribution in [3.05, 3.63) is 46.8 Å². The molecule has 1 aromatic carbocycles. The van der Waals surface area contributed by atoms with Gasteiger partial charge in [-0.05, 0) is 39.5 Å². The van der Waals surface area contributed by atoms with Crippen LogP contribution in [0.2, 0.25) is 0 Å². The summed E-state index contributed by atoms with van der Waals surface area (Å²) in [5.74, 6) is 0.572. The second-order valence-electron chi connectivity index (χ2n) is 4.00. The fraction of sp³-hybridized carbons (Fsp3) is 0.231. The van der Waals surface area contributed by atoms with E-state index in [4.69, 9.17) is 0 Å². The number of rotatable bonds is 3. The van der Waals surface area contributed by atoms with Crippen molar-refractivity contribution < 1.29 is 0 Å². The number of hydrogen-bond donors (Lipinski definition) is 0. The van der Waals surface area contributed by atoms with E-state index < -0.39 is 0 Å². The first kappa shape index (κ1) is 12.6. The fourth-order valence-electron chi connectivity index (χ4n) is 1.41. The maximum atomic E-state index is 4.21. The second-order valence-corrected chi connectivity index (χ2v) is 5.91. The van der Waals surface area contributed by atoms with Crippen LogP contribution in [-0.2, 0) is 0 Å². The second kappa shape index (κ2) is 5.65. The standard InChI is InChI=1S/C13H13BrN2S/c1-9(2)10-3-5-11(6-4-10)17-13-7-12(14)15-8-16-13/h3-9H,1-2H3. The lowest BCUT2D eigenvalue weighted by molar-refractivity contribution is 0.865. The van der Waals surface area contributed by atoms with Gasteiger partial charge in [-0.3, -0.25) is 0 Å². The summed E-state index contributed by atoms with van der Waals surface area (Å²) in [6, 6.07) is 10.5. The van der Waals surface area contributed by atoms with E-state index in [1.54, 1.807) is 18.1 Å². The van der Waals surface area contributed by atoms with E-state index in [-0.39, 0.29) is 0 Å². The van der Waals surface area contributed by atoms with Gasteiger partial charge in [-0.1, -0.05) is 37.7 Å². The summed E-state index contributed by atoms with van der Waals surface area (Å²) >= 11 is 4.98. The average Bonchev–Trinajstić information content (AvgIpc) is 2.29. The Labute approximate surface area is 114 Å². The van der Waals surface area contributed by atoms with Crippen LogP contribution in [0.25, 0.3) is 0 Å². The number of nitrogens with zero attached hydrogens (tertiary/aromatic N) is 2. The molecule has 0 saturated carbocycles. The SMILES string of the molecule is CC(C)c1ccc(Sc2cc(Br)ncn2)cc1. The Balaban J connectivity index is 2.14. The van der Waals surface area contributed by atoms with Gasteiger partial charge in [0.1, 0.15) is 16.0 Å². The number of aromatic nitrogens is 2. The van der Waals surface area contributed by atoms with Crippen molar-refractivity contribution in [3.63, 3.8) is 0 Å². The summed E-state index contributed by atoms with van der Waals surface area (Å²) in [6.45, 7) is 4.40. The quantitative estimate of drug-likeness (QED) is 0.780. The molecule has 0 saturated heterocycles. The molecule has 1 aromatic heterocycles. The Hall–Kier alpha value is -0.870. The molecule has 2 rings (SSSR count). The zero-order valence-electron chi connectivity index (χ0n) is 9.72. The van der Waals surface area contributed by atoms with Gasteiger partial charge in [0.25, 0.3) is 0 Å². The van der Waals surface area contributed by atoms with E-state index in [0.717, 1.165) is 9.63 Å². The maximum Gasteiger partial charge on any atom is 0.118 e. The number of halogens is 1. The van der Waals surface area contributed by atoms with Crippen LogP contribution in [0.15, 0.2) is 51.2 Å². The zero-order valence-corrected chi connectivity index (χ0v) is 12.1. The summed E-state index contributed by atoms with van der Waals surface area (Å²) in [6.07, 6.45) is 1.56. The fourth-order valence-corrected chi connectivity index (χ4v) is 2.66. The van der Waals surface area contributed by atoms with E-state index in [2.05, 4.69) is 64.0 Å². The number of benzene rings is 1. The lowest BCUT2D eigenvalue weighted by atomic mass is 10.0. The first-order chi connectivity index (χ1) is 8.15. The minimum absolute atomic E-state index is 0.572. The highest BCUT2D eigenvalue weighted by Crippen LogP contribution is 2.28. The molecule has 0 fully saturated rings. The molecule has 88 valence electrons. The predicted molar refractivity (Wildman–Crippen MR) is 74.4 cm³/mol. The monoisotopic (exact) mass is 308 g/mol. The molecule has 0 spiro atoms. The van der Waals surface area contributed by atoms with Crippen LogP contribution < -0.4 is 0 Å². The van der Waals surface area contributed by atoms with Gasteiger partial charge >= 0.3 is 0 Å². The van der Waals surface area contributed by atoms with Gasteiger partial charge in [-0.2, -0.15) is 0 Å². The normalized spacial score (nSPS) is 10.8. The smallest absolute Gasteiger partial charge is 0.118 e. The van der Waals surface area contributed by atoms with Gasteiger partial charge in [0, 0.05) is 11.0 Å². The van der Waals surface area contributed by atoms with E-state index in [0.29, 0.717) is 5.92 Å². The van der Waals surface area contributed by atoms with Gasteiger partial charge in [0.15, 0.2) is 0 Å². The van der Waals surface area contributed by atoms with Crippen molar-refractivity contribution in [2.75, 3.05) is 0 Å². The average molecular weight is 309 g/mol. The molecule has 0 aliphatic heterocycles. The Morgan fingerprint density at radius 1 is 1.12 bits per heavy atom. The molecule has 0 radical (unpaired) electrons. The van der Waals surface area contributed by atoms with Crippen LogP contribution in [0.3, 0.4) is 0 Å². The predicted octanol–water partition coefficient (Wildman–Crippen LogP) is 4.51. The van der Waals surface area contributed by atoms with Crippen LogP contribution in [0.4, 0.5) is 0 Å².